The Hall–Kier alpha value is -0.860. The Labute approximate surface area is 117 Å². The minimum Gasteiger partial charge on any atom is -0.309 e. The lowest BCUT2D eigenvalue weighted by Gasteiger charge is -2.56. The molecule has 1 aliphatic carbocycles. The van der Waals surface area contributed by atoms with Crippen LogP contribution in [0.15, 0.2) is 30.3 Å². The maximum atomic E-state index is 3.72. The molecule has 2 nitrogen and oxygen atoms in total. The molecule has 0 spiro atoms. The van der Waals surface area contributed by atoms with Crippen LogP contribution in [0.1, 0.15) is 51.6 Å². The van der Waals surface area contributed by atoms with Gasteiger partial charge in [0.05, 0.1) is 0 Å². The van der Waals surface area contributed by atoms with Gasteiger partial charge in [-0.1, -0.05) is 30.3 Å². The van der Waals surface area contributed by atoms with E-state index in [0.717, 1.165) is 13.1 Å². The Morgan fingerprint density at radius 3 is 2.37 bits per heavy atom. The minimum atomic E-state index is 0.226. The summed E-state index contributed by atoms with van der Waals surface area (Å²) in [5, 5.41) is 3.72. The Balaban J connectivity index is 1.89. The summed E-state index contributed by atoms with van der Waals surface area (Å²) in [6.45, 7) is 9.30. The molecule has 104 valence electrons. The van der Waals surface area contributed by atoms with Crippen molar-refractivity contribution in [3.05, 3.63) is 35.9 Å². The topological polar surface area (TPSA) is 15.3 Å². The first kappa shape index (κ1) is 13.1. The fraction of sp³-hybridized carbons (Fsp3) is 0.647. The minimum absolute atomic E-state index is 0.226. The number of benzene rings is 1. The van der Waals surface area contributed by atoms with Crippen LogP contribution < -0.4 is 5.32 Å². The fourth-order valence-electron chi connectivity index (χ4n) is 3.59. The highest BCUT2D eigenvalue weighted by Crippen LogP contribution is 2.43. The summed E-state index contributed by atoms with van der Waals surface area (Å²) < 4.78 is 0. The van der Waals surface area contributed by atoms with Gasteiger partial charge in [0.1, 0.15) is 0 Å². The van der Waals surface area contributed by atoms with Gasteiger partial charge in [-0.3, -0.25) is 4.90 Å². The number of nitrogens with one attached hydrogen (secondary N) is 1. The quantitative estimate of drug-likeness (QED) is 0.875. The van der Waals surface area contributed by atoms with E-state index in [-0.39, 0.29) is 5.54 Å². The SMILES string of the molecule is CC1(C)CN(C2(C)CCC2)C(c2ccccc2)CN1. The highest BCUT2D eigenvalue weighted by atomic mass is 15.3. The Morgan fingerprint density at radius 1 is 1.11 bits per heavy atom. The van der Waals surface area contributed by atoms with Gasteiger partial charge in [-0.25, -0.2) is 0 Å². The highest BCUT2D eigenvalue weighted by Gasteiger charge is 2.45. The standard InChI is InChI=1S/C17H26N2/c1-16(2)13-19(17(3)10-7-11-17)15(12-18-16)14-8-5-4-6-9-14/h4-6,8-9,15,18H,7,10-13H2,1-3H3. The first-order chi connectivity index (χ1) is 9.00. The maximum absolute atomic E-state index is 3.72. The molecule has 1 aliphatic heterocycles. The van der Waals surface area contributed by atoms with Gasteiger partial charge in [-0.2, -0.15) is 0 Å². The Bertz CT molecular complexity index is 434. The van der Waals surface area contributed by atoms with E-state index in [1.54, 1.807) is 0 Å². The monoisotopic (exact) mass is 258 g/mol. The zero-order valence-corrected chi connectivity index (χ0v) is 12.4. The normalized spacial score (nSPS) is 29.7. The summed E-state index contributed by atoms with van der Waals surface area (Å²) in [4.78, 5) is 2.77. The van der Waals surface area contributed by atoms with Crippen molar-refractivity contribution in [2.24, 2.45) is 0 Å². The Kier molecular flexibility index (Phi) is 3.18. The van der Waals surface area contributed by atoms with Crippen LogP contribution in [0.4, 0.5) is 0 Å². The average Bonchev–Trinajstić information content (AvgIpc) is 2.36. The summed E-state index contributed by atoms with van der Waals surface area (Å²) in [6.07, 6.45) is 4.10. The molecule has 1 unspecified atom stereocenters. The number of rotatable bonds is 2. The molecular formula is C17H26N2. The molecule has 1 atom stereocenters. The lowest BCUT2D eigenvalue weighted by Crippen LogP contribution is -2.65. The van der Waals surface area contributed by atoms with Crippen molar-refractivity contribution in [3.63, 3.8) is 0 Å². The maximum Gasteiger partial charge on any atom is 0.0479 e. The summed E-state index contributed by atoms with van der Waals surface area (Å²) in [7, 11) is 0. The second-order valence-corrected chi connectivity index (χ2v) is 7.17. The van der Waals surface area contributed by atoms with Gasteiger partial charge in [0, 0.05) is 30.2 Å². The van der Waals surface area contributed by atoms with Gasteiger partial charge < -0.3 is 5.32 Å². The first-order valence-corrected chi connectivity index (χ1v) is 7.57. The molecule has 2 fully saturated rings. The molecule has 2 aliphatic rings. The number of hydrogen-bond acceptors (Lipinski definition) is 2. The number of nitrogens with zero attached hydrogens (tertiary/aromatic N) is 1. The van der Waals surface area contributed by atoms with Gasteiger partial charge in [-0.05, 0) is 45.6 Å². The largest absolute Gasteiger partial charge is 0.309 e. The summed E-state index contributed by atoms with van der Waals surface area (Å²) in [5.74, 6) is 0. The van der Waals surface area contributed by atoms with E-state index in [0.29, 0.717) is 11.6 Å². The molecule has 0 aromatic heterocycles. The predicted octanol–water partition coefficient (Wildman–Crippen LogP) is 3.35. The Morgan fingerprint density at radius 2 is 1.79 bits per heavy atom. The van der Waals surface area contributed by atoms with E-state index >= 15 is 0 Å². The zero-order chi connectivity index (χ0) is 13.5. The lowest BCUT2D eigenvalue weighted by atomic mass is 9.74. The molecule has 1 aromatic rings. The van der Waals surface area contributed by atoms with Crippen LogP contribution in [0.3, 0.4) is 0 Å². The van der Waals surface area contributed by atoms with Gasteiger partial charge in [-0.15, -0.1) is 0 Å². The molecular weight excluding hydrogens is 232 g/mol. The zero-order valence-electron chi connectivity index (χ0n) is 12.4. The second-order valence-electron chi connectivity index (χ2n) is 7.17. The van der Waals surface area contributed by atoms with Crippen LogP contribution in [-0.2, 0) is 0 Å². The van der Waals surface area contributed by atoms with Crippen LogP contribution in [0.5, 0.6) is 0 Å². The van der Waals surface area contributed by atoms with E-state index < -0.39 is 0 Å². The third-order valence-corrected chi connectivity index (χ3v) is 5.02. The van der Waals surface area contributed by atoms with E-state index in [1.165, 1.54) is 24.8 Å². The van der Waals surface area contributed by atoms with Crippen molar-refractivity contribution in [3.8, 4) is 0 Å². The van der Waals surface area contributed by atoms with Gasteiger partial charge in [0.25, 0.3) is 0 Å². The molecule has 1 heterocycles. The van der Waals surface area contributed by atoms with E-state index in [4.69, 9.17) is 0 Å². The fourth-order valence-corrected chi connectivity index (χ4v) is 3.59. The number of hydrogen-bond donors (Lipinski definition) is 1. The van der Waals surface area contributed by atoms with Gasteiger partial charge in [0.2, 0.25) is 0 Å². The first-order valence-electron chi connectivity index (χ1n) is 7.57. The van der Waals surface area contributed by atoms with Crippen LogP contribution in [-0.4, -0.2) is 29.1 Å². The highest BCUT2D eigenvalue weighted by molar-refractivity contribution is 5.22. The molecule has 1 aromatic carbocycles. The second kappa shape index (κ2) is 4.60. The van der Waals surface area contributed by atoms with Crippen LogP contribution in [0.25, 0.3) is 0 Å². The summed E-state index contributed by atoms with van der Waals surface area (Å²) >= 11 is 0. The van der Waals surface area contributed by atoms with Crippen molar-refractivity contribution in [2.45, 2.75) is 57.2 Å². The van der Waals surface area contributed by atoms with Crippen molar-refractivity contribution in [1.29, 1.82) is 0 Å². The van der Waals surface area contributed by atoms with E-state index in [9.17, 15) is 0 Å². The molecule has 1 N–H and O–H groups in total. The van der Waals surface area contributed by atoms with E-state index in [1.807, 2.05) is 0 Å². The molecule has 19 heavy (non-hydrogen) atoms. The molecule has 1 saturated carbocycles. The number of piperazine rings is 1. The molecule has 1 saturated heterocycles. The summed E-state index contributed by atoms with van der Waals surface area (Å²) in [6, 6.07) is 11.5. The van der Waals surface area contributed by atoms with Gasteiger partial charge in [0.15, 0.2) is 0 Å². The van der Waals surface area contributed by atoms with Crippen molar-refractivity contribution in [1.82, 2.24) is 10.2 Å². The van der Waals surface area contributed by atoms with Crippen molar-refractivity contribution in [2.75, 3.05) is 13.1 Å². The van der Waals surface area contributed by atoms with Crippen molar-refractivity contribution >= 4 is 0 Å². The van der Waals surface area contributed by atoms with Crippen molar-refractivity contribution < 1.29 is 0 Å². The third kappa shape index (κ3) is 2.44. The molecule has 0 amide bonds. The van der Waals surface area contributed by atoms with Gasteiger partial charge >= 0.3 is 0 Å². The summed E-state index contributed by atoms with van der Waals surface area (Å²) in [5.41, 5.74) is 2.10. The third-order valence-electron chi connectivity index (χ3n) is 5.02. The van der Waals surface area contributed by atoms with Crippen LogP contribution >= 0.6 is 0 Å². The molecule has 0 bridgehead atoms. The molecule has 2 heteroatoms. The molecule has 3 rings (SSSR count). The smallest absolute Gasteiger partial charge is 0.0479 e. The average molecular weight is 258 g/mol. The van der Waals surface area contributed by atoms with Crippen LogP contribution in [0, 0.1) is 0 Å². The lowest BCUT2D eigenvalue weighted by molar-refractivity contribution is -0.0440. The predicted molar refractivity (Wildman–Crippen MR) is 80.2 cm³/mol. The van der Waals surface area contributed by atoms with E-state index in [2.05, 4.69) is 61.3 Å². The molecule has 0 radical (unpaired) electrons. The van der Waals surface area contributed by atoms with Crippen LogP contribution in [0.2, 0.25) is 0 Å².